The van der Waals surface area contributed by atoms with Crippen molar-refractivity contribution in [2.24, 2.45) is 0 Å². The minimum Gasteiger partial charge on any atom is -0.345 e. The largest absolute Gasteiger partial charge is 0.345 e. The smallest absolute Gasteiger partial charge is 0.313 e. The van der Waals surface area contributed by atoms with Crippen LogP contribution in [0.5, 0.6) is 0 Å². The first kappa shape index (κ1) is 16.9. The number of nitrogens with one attached hydrogen (secondary N) is 2. The number of aromatic nitrogens is 2. The summed E-state index contributed by atoms with van der Waals surface area (Å²) in [6.45, 7) is 3.37. The average Bonchev–Trinajstić information content (AvgIpc) is 2.65. The van der Waals surface area contributed by atoms with E-state index >= 15 is 0 Å². The molecule has 0 unspecified atom stereocenters. The van der Waals surface area contributed by atoms with Crippen LogP contribution >= 0.6 is 0 Å². The van der Waals surface area contributed by atoms with Gasteiger partial charge in [0.25, 0.3) is 0 Å². The number of anilines is 2. The SMILES string of the molecule is Cc1ccccc1NC(=O)C(=O)NC1CCN(c2ncccn2)CC1. The van der Waals surface area contributed by atoms with Gasteiger partial charge in [0.2, 0.25) is 5.95 Å². The molecule has 2 N–H and O–H groups in total. The number of benzene rings is 1. The van der Waals surface area contributed by atoms with Crippen LogP contribution in [-0.4, -0.2) is 40.9 Å². The Morgan fingerprint density at radius 1 is 1.04 bits per heavy atom. The zero-order valence-corrected chi connectivity index (χ0v) is 14.1. The molecule has 1 fully saturated rings. The molecule has 2 amide bonds. The molecule has 1 aromatic heterocycles. The average molecular weight is 339 g/mol. The van der Waals surface area contributed by atoms with E-state index in [1.165, 1.54) is 0 Å². The van der Waals surface area contributed by atoms with Gasteiger partial charge in [-0.05, 0) is 37.5 Å². The molecule has 0 bridgehead atoms. The Balaban J connectivity index is 1.49. The number of hydrogen-bond acceptors (Lipinski definition) is 5. The van der Waals surface area contributed by atoms with Gasteiger partial charge in [0, 0.05) is 37.2 Å². The molecule has 3 rings (SSSR count). The van der Waals surface area contributed by atoms with Gasteiger partial charge in [-0.3, -0.25) is 9.59 Å². The summed E-state index contributed by atoms with van der Waals surface area (Å²) in [4.78, 5) is 34.7. The normalized spacial score (nSPS) is 14.8. The minimum absolute atomic E-state index is 0.0184. The number of aryl methyl sites for hydroxylation is 1. The fourth-order valence-electron chi connectivity index (χ4n) is 2.82. The van der Waals surface area contributed by atoms with Gasteiger partial charge in [-0.25, -0.2) is 9.97 Å². The van der Waals surface area contributed by atoms with E-state index in [0.717, 1.165) is 31.5 Å². The van der Waals surface area contributed by atoms with E-state index in [2.05, 4.69) is 25.5 Å². The summed E-state index contributed by atoms with van der Waals surface area (Å²) in [5.74, 6) is -0.537. The van der Waals surface area contributed by atoms with E-state index in [4.69, 9.17) is 0 Å². The lowest BCUT2D eigenvalue weighted by molar-refractivity contribution is -0.136. The van der Waals surface area contributed by atoms with E-state index < -0.39 is 11.8 Å². The Kier molecular flexibility index (Phi) is 5.23. The number of nitrogens with zero attached hydrogens (tertiary/aromatic N) is 3. The van der Waals surface area contributed by atoms with Crippen LogP contribution in [0.1, 0.15) is 18.4 Å². The van der Waals surface area contributed by atoms with Crippen LogP contribution in [0.2, 0.25) is 0 Å². The first-order chi connectivity index (χ1) is 12.1. The van der Waals surface area contributed by atoms with Crippen LogP contribution < -0.4 is 15.5 Å². The number of carbonyl (C=O) groups is 2. The first-order valence-corrected chi connectivity index (χ1v) is 8.33. The summed E-state index contributed by atoms with van der Waals surface area (Å²) in [5, 5.41) is 5.46. The Morgan fingerprint density at radius 3 is 2.40 bits per heavy atom. The number of piperidine rings is 1. The summed E-state index contributed by atoms with van der Waals surface area (Å²) in [6, 6.07) is 9.13. The van der Waals surface area contributed by atoms with Gasteiger partial charge in [-0.1, -0.05) is 18.2 Å². The predicted octanol–water partition coefficient (Wildman–Crippen LogP) is 1.51. The van der Waals surface area contributed by atoms with Crippen molar-refractivity contribution in [1.29, 1.82) is 0 Å². The molecule has 1 aromatic carbocycles. The fraction of sp³-hybridized carbons (Fsp3) is 0.333. The molecule has 1 aliphatic rings. The highest BCUT2D eigenvalue weighted by molar-refractivity contribution is 6.39. The molecule has 0 radical (unpaired) electrons. The van der Waals surface area contributed by atoms with Gasteiger partial charge in [0.05, 0.1) is 0 Å². The van der Waals surface area contributed by atoms with E-state index in [-0.39, 0.29) is 6.04 Å². The molecule has 0 saturated carbocycles. The van der Waals surface area contributed by atoms with Crippen molar-refractivity contribution in [2.75, 3.05) is 23.3 Å². The van der Waals surface area contributed by atoms with E-state index in [1.54, 1.807) is 24.5 Å². The topological polar surface area (TPSA) is 87.2 Å². The Labute approximate surface area is 146 Å². The molecule has 0 aliphatic carbocycles. The molecule has 7 heteroatoms. The number of para-hydroxylation sites is 1. The first-order valence-electron chi connectivity index (χ1n) is 8.33. The van der Waals surface area contributed by atoms with Crippen molar-refractivity contribution in [3.05, 3.63) is 48.3 Å². The molecule has 0 spiro atoms. The molecule has 0 atom stereocenters. The Morgan fingerprint density at radius 2 is 1.72 bits per heavy atom. The molecule has 1 aliphatic heterocycles. The van der Waals surface area contributed by atoms with Crippen molar-refractivity contribution in [1.82, 2.24) is 15.3 Å². The van der Waals surface area contributed by atoms with Crippen LogP contribution in [0.4, 0.5) is 11.6 Å². The van der Waals surface area contributed by atoms with E-state index in [9.17, 15) is 9.59 Å². The molecule has 1 saturated heterocycles. The highest BCUT2D eigenvalue weighted by atomic mass is 16.2. The van der Waals surface area contributed by atoms with Gasteiger partial charge in [-0.15, -0.1) is 0 Å². The zero-order valence-electron chi connectivity index (χ0n) is 14.1. The minimum atomic E-state index is -0.636. The maximum Gasteiger partial charge on any atom is 0.313 e. The fourth-order valence-corrected chi connectivity index (χ4v) is 2.82. The van der Waals surface area contributed by atoms with Crippen molar-refractivity contribution in [3.63, 3.8) is 0 Å². The lowest BCUT2D eigenvalue weighted by atomic mass is 10.1. The van der Waals surface area contributed by atoms with Crippen LogP contribution in [0, 0.1) is 6.92 Å². The van der Waals surface area contributed by atoms with Crippen LogP contribution in [-0.2, 0) is 9.59 Å². The molecule has 25 heavy (non-hydrogen) atoms. The maximum atomic E-state index is 12.1. The highest BCUT2D eigenvalue weighted by Crippen LogP contribution is 2.16. The van der Waals surface area contributed by atoms with Crippen molar-refractivity contribution < 1.29 is 9.59 Å². The highest BCUT2D eigenvalue weighted by Gasteiger charge is 2.24. The Bertz CT molecular complexity index is 742. The number of rotatable bonds is 3. The molecule has 2 aromatic rings. The van der Waals surface area contributed by atoms with Crippen LogP contribution in [0.3, 0.4) is 0 Å². The summed E-state index contributed by atoms with van der Waals surface area (Å²) in [7, 11) is 0. The summed E-state index contributed by atoms with van der Waals surface area (Å²) in [5.41, 5.74) is 1.57. The number of amides is 2. The lowest BCUT2D eigenvalue weighted by Gasteiger charge is -2.32. The number of hydrogen-bond donors (Lipinski definition) is 2. The molecule has 2 heterocycles. The molecular weight excluding hydrogens is 318 g/mol. The van der Waals surface area contributed by atoms with Crippen LogP contribution in [0.15, 0.2) is 42.7 Å². The summed E-state index contributed by atoms with van der Waals surface area (Å²) in [6.07, 6.45) is 4.93. The summed E-state index contributed by atoms with van der Waals surface area (Å²) >= 11 is 0. The van der Waals surface area contributed by atoms with Crippen LogP contribution in [0.25, 0.3) is 0 Å². The van der Waals surface area contributed by atoms with Gasteiger partial charge >= 0.3 is 11.8 Å². The second kappa shape index (κ2) is 7.74. The van der Waals surface area contributed by atoms with Crippen molar-refractivity contribution in [2.45, 2.75) is 25.8 Å². The quantitative estimate of drug-likeness (QED) is 0.828. The second-order valence-corrected chi connectivity index (χ2v) is 6.05. The lowest BCUT2D eigenvalue weighted by Crippen LogP contribution is -2.48. The maximum absolute atomic E-state index is 12.1. The van der Waals surface area contributed by atoms with E-state index in [1.807, 2.05) is 25.1 Å². The number of carbonyl (C=O) groups excluding carboxylic acids is 2. The van der Waals surface area contributed by atoms with Crippen molar-refractivity contribution >= 4 is 23.5 Å². The molecule has 130 valence electrons. The summed E-state index contributed by atoms with van der Waals surface area (Å²) < 4.78 is 0. The van der Waals surface area contributed by atoms with Gasteiger partial charge < -0.3 is 15.5 Å². The zero-order chi connectivity index (χ0) is 17.6. The second-order valence-electron chi connectivity index (χ2n) is 6.05. The Hall–Kier alpha value is -2.96. The third-order valence-corrected chi connectivity index (χ3v) is 4.26. The third kappa shape index (κ3) is 4.32. The van der Waals surface area contributed by atoms with Gasteiger partial charge in [-0.2, -0.15) is 0 Å². The van der Waals surface area contributed by atoms with Gasteiger partial charge in [0.15, 0.2) is 0 Å². The molecular formula is C18H21N5O2. The monoisotopic (exact) mass is 339 g/mol. The van der Waals surface area contributed by atoms with Gasteiger partial charge in [0.1, 0.15) is 0 Å². The third-order valence-electron chi connectivity index (χ3n) is 4.26. The van der Waals surface area contributed by atoms with Crippen molar-refractivity contribution in [3.8, 4) is 0 Å². The van der Waals surface area contributed by atoms with E-state index in [0.29, 0.717) is 11.6 Å². The molecule has 7 nitrogen and oxygen atoms in total. The predicted molar refractivity (Wildman–Crippen MR) is 95.2 cm³/mol. The standard InChI is InChI=1S/C18H21N5O2/c1-13-5-2-3-6-15(13)22-17(25)16(24)21-14-7-11-23(12-8-14)18-19-9-4-10-20-18/h2-6,9-10,14H,7-8,11-12H2,1H3,(H,21,24)(H,22,25).